The Kier molecular flexibility index (Phi) is 5.96. The van der Waals surface area contributed by atoms with Crippen LogP contribution >= 0.6 is 11.6 Å². The maximum atomic E-state index is 12.4. The molecule has 3 aromatic rings. The van der Waals surface area contributed by atoms with Gasteiger partial charge in [-0.2, -0.15) is 0 Å². The fourth-order valence-electron chi connectivity index (χ4n) is 2.86. The van der Waals surface area contributed by atoms with Gasteiger partial charge in [-0.3, -0.25) is 4.79 Å². The molecule has 3 rings (SSSR count). The molecule has 3 aromatic carbocycles. The summed E-state index contributed by atoms with van der Waals surface area (Å²) in [4.78, 5) is 24.0. The van der Waals surface area contributed by atoms with Gasteiger partial charge in [0.1, 0.15) is 11.8 Å². The van der Waals surface area contributed by atoms with Crippen LogP contribution in [0.4, 0.5) is 0 Å². The lowest BCUT2D eigenvalue weighted by Crippen LogP contribution is -2.42. The van der Waals surface area contributed by atoms with Crippen LogP contribution in [0.2, 0.25) is 5.02 Å². The summed E-state index contributed by atoms with van der Waals surface area (Å²) in [5.41, 5.74) is 2.47. The number of phenolic OH excluding ortho intramolecular Hbond substituents is 1. The summed E-state index contributed by atoms with van der Waals surface area (Å²) in [6, 6.07) is 19.5. The molecule has 0 saturated carbocycles. The number of carbonyl (C=O) groups excluding carboxylic acids is 1. The highest BCUT2D eigenvalue weighted by Crippen LogP contribution is 2.28. The van der Waals surface area contributed by atoms with Crippen molar-refractivity contribution in [2.75, 3.05) is 0 Å². The van der Waals surface area contributed by atoms with Crippen molar-refractivity contribution >= 4 is 23.5 Å². The van der Waals surface area contributed by atoms with E-state index >= 15 is 0 Å². The zero-order valence-corrected chi connectivity index (χ0v) is 15.6. The fraction of sp³-hybridized carbons (Fsp3) is 0.0909. The first kappa shape index (κ1) is 19.5. The van der Waals surface area contributed by atoms with E-state index < -0.39 is 17.9 Å². The Balaban J connectivity index is 1.74. The number of carboxylic acids is 1. The topological polar surface area (TPSA) is 86.6 Å². The van der Waals surface area contributed by atoms with Crippen molar-refractivity contribution < 1.29 is 19.8 Å². The number of hydrogen-bond donors (Lipinski definition) is 3. The molecule has 5 nitrogen and oxygen atoms in total. The molecule has 0 fully saturated rings. The van der Waals surface area contributed by atoms with Gasteiger partial charge >= 0.3 is 5.97 Å². The van der Waals surface area contributed by atoms with E-state index in [-0.39, 0.29) is 22.8 Å². The van der Waals surface area contributed by atoms with E-state index in [9.17, 15) is 19.8 Å². The lowest BCUT2D eigenvalue weighted by molar-refractivity contribution is -0.139. The van der Waals surface area contributed by atoms with Gasteiger partial charge in [-0.1, -0.05) is 66.2 Å². The number of rotatable bonds is 6. The van der Waals surface area contributed by atoms with E-state index in [0.717, 1.165) is 11.1 Å². The molecule has 0 bridgehead atoms. The first-order valence-electron chi connectivity index (χ1n) is 8.61. The summed E-state index contributed by atoms with van der Waals surface area (Å²) in [6.07, 6.45) is 0.118. The Morgan fingerprint density at radius 1 is 0.929 bits per heavy atom. The Hall–Kier alpha value is -3.31. The predicted octanol–water partition coefficient (Wildman–Crippen LogP) is 4.14. The maximum absolute atomic E-state index is 12.4. The number of aromatic hydroxyl groups is 1. The molecule has 0 spiro atoms. The average molecular weight is 396 g/mol. The van der Waals surface area contributed by atoms with Gasteiger partial charge in [0.25, 0.3) is 5.91 Å². The molecule has 0 aromatic heterocycles. The van der Waals surface area contributed by atoms with Crippen molar-refractivity contribution in [3.05, 3.63) is 88.9 Å². The Bertz CT molecular complexity index is 1000. The lowest BCUT2D eigenvalue weighted by Gasteiger charge is -2.15. The van der Waals surface area contributed by atoms with Gasteiger partial charge < -0.3 is 15.5 Å². The molecule has 142 valence electrons. The number of amides is 1. The number of phenols is 1. The first-order chi connectivity index (χ1) is 13.5. The van der Waals surface area contributed by atoms with E-state index in [1.165, 1.54) is 6.07 Å². The largest absolute Gasteiger partial charge is 0.507 e. The highest BCUT2D eigenvalue weighted by molar-refractivity contribution is 6.33. The number of carboxylic acid groups (broad SMARTS) is 1. The van der Waals surface area contributed by atoms with Crippen LogP contribution in [0.25, 0.3) is 11.1 Å². The fourth-order valence-corrected chi connectivity index (χ4v) is 3.08. The van der Waals surface area contributed by atoms with Crippen LogP contribution in [-0.2, 0) is 11.2 Å². The zero-order chi connectivity index (χ0) is 20.1. The van der Waals surface area contributed by atoms with Crippen LogP contribution in [0.5, 0.6) is 5.75 Å². The predicted molar refractivity (Wildman–Crippen MR) is 108 cm³/mol. The third kappa shape index (κ3) is 4.50. The monoisotopic (exact) mass is 395 g/mol. The number of benzene rings is 3. The lowest BCUT2D eigenvalue weighted by atomic mass is 10.00. The minimum absolute atomic E-state index is 0.118. The van der Waals surface area contributed by atoms with Crippen molar-refractivity contribution in [3.63, 3.8) is 0 Å². The number of halogens is 1. The molecule has 0 saturated heterocycles. The Morgan fingerprint density at radius 2 is 1.57 bits per heavy atom. The van der Waals surface area contributed by atoms with Gasteiger partial charge in [-0.25, -0.2) is 4.79 Å². The summed E-state index contributed by atoms with van der Waals surface area (Å²) in [5, 5.41) is 22.2. The van der Waals surface area contributed by atoms with Gasteiger partial charge in [-0.15, -0.1) is 0 Å². The first-order valence-corrected chi connectivity index (χ1v) is 8.99. The molecule has 6 heteroatoms. The normalized spacial score (nSPS) is 11.6. The summed E-state index contributed by atoms with van der Waals surface area (Å²) in [6.45, 7) is 0. The average Bonchev–Trinajstić information content (AvgIpc) is 2.68. The molecular formula is C22H18ClNO4. The number of nitrogens with one attached hydrogen (secondary N) is 1. The number of hydrogen-bond acceptors (Lipinski definition) is 3. The van der Waals surface area contributed by atoms with Gasteiger partial charge in [0.15, 0.2) is 0 Å². The SMILES string of the molecule is O=C(N[C@@H](Cc1ccc(-c2ccccc2O)cc1)C(=O)O)c1ccccc1Cl. The highest BCUT2D eigenvalue weighted by atomic mass is 35.5. The molecule has 0 unspecified atom stereocenters. The quantitative estimate of drug-likeness (QED) is 0.585. The second-order valence-electron chi connectivity index (χ2n) is 6.26. The van der Waals surface area contributed by atoms with Crippen molar-refractivity contribution in [2.45, 2.75) is 12.5 Å². The van der Waals surface area contributed by atoms with Gasteiger partial charge in [0.2, 0.25) is 0 Å². The van der Waals surface area contributed by atoms with Crippen LogP contribution in [0.1, 0.15) is 15.9 Å². The molecule has 3 N–H and O–H groups in total. The summed E-state index contributed by atoms with van der Waals surface area (Å²) in [5.74, 6) is -1.50. The second kappa shape index (κ2) is 8.59. The molecular weight excluding hydrogens is 378 g/mol. The van der Waals surface area contributed by atoms with Crippen molar-refractivity contribution in [1.82, 2.24) is 5.32 Å². The number of aliphatic carboxylic acids is 1. The van der Waals surface area contributed by atoms with Crippen LogP contribution in [-0.4, -0.2) is 28.1 Å². The van der Waals surface area contributed by atoms with E-state index in [0.29, 0.717) is 5.56 Å². The Morgan fingerprint density at radius 3 is 2.21 bits per heavy atom. The minimum Gasteiger partial charge on any atom is -0.507 e. The molecule has 0 heterocycles. The van der Waals surface area contributed by atoms with Crippen LogP contribution in [0.15, 0.2) is 72.8 Å². The molecule has 28 heavy (non-hydrogen) atoms. The number of para-hydroxylation sites is 1. The van der Waals surface area contributed by atoms with E-state index in [4.69, 9.17) is 11.6 Å². The van der Waals surface area contributed by atoms with Crippen LogP contribution in [0.3, 0.4) is 0 Å². The standard InChI is InChI=1S/C22H18ClNO4/c23-18-7-3-1-6-17(18)21(26)24-19(22(27)28)13-14-9-11-15(12-10-14)16-5-2-4-8-20(16)25/h1-12,19,25H,13H2,(H,24,26)(H,27,28)/t19-/m0/s1. The minimum atomic E-state index is -1.13. The summed E-state index contributed by atoms with van der Waals surface area (Å²) in [7, 11) is 0. The second-order valence-corrected chi connectivity index (χ2v) is 6.67. The smallest absolute Gasteiger partial charge is 0.326 e. The molecule has 1 atom stereocenters. The van der Waals surface area contributed by atoms with E-state index in [1.54, 1.807) is 60.7 Å². The van der Waals surface area contributed by atoms with E-state index in [1.807, 2.05) is 6.07 Å². The van der Waals surface area contributed by atoms with Gasteiger partial charge in [0.05, 0.1) is 10.6 Å². The van der Waals surface area contributed by atoms with Gasteiger partial charge in [-0.05, 0) is 29.3 Å². The molecule has 0 aliphatic heterocycles. The zero-order valence-electron chi connectivity index (χ0n) is 14.8. The van der Waals surface area contributed by atoms with Crippen molar-refractivity contribution in [2.24, 2.45) is 0 Å². The van der Waals surface area contributed by atoms with Crippen molar-refractivity contribution in [3.8, 4) is 16.9 Å². The number of carbonyl (C=O) groups is 2. The third-order valence-electron chi connectivity index (χ3n) is 4.33. The van der Waals surface area contributed by atoms with Crippen LogP contribution in [0, 0.1) is 0 Å². The highest BCUT2D eigenvalue weighted by Gasteiger charge is 2.22. The Labute approximate surface area is 167 Å². The van der Waals surface area contributed by atoms with Crippen LogP contribution < -0.4 is 5.32 Å². The van der Waals surface area contributed by atoms with Crippen molar-refractivity contribution in [1.29, 1.82) is 0 Å². The third-order valence-corrected chi connectivity index (χ3v) is 4.66. The summed E-state index contributed by atoms with van der Waals surface area (Å²) >= 11 is 6.00. The molecule has 0 aliphatic rings. The van der Waals surface area contributed by atoms with E-state index in [2.05, 4.69) is 5.32 Å². The summed E-state index contributed by atoms with van der Waals surface area (Å²) < 4.78 is 0. The molecule has 1 amide bonds. The molecule has 0 radical (unpaired) electrons. The maximum Gasteiger partial charge on any atom is 0.326 e. The molecule has 0 aliphatic carbocycles. The van der Waals surface area contributed by atoms with Gasteiger partial charge in [0, 0.05) is 12.0 Å².